The second-order valence-electron chi connectivity index (χ2n) is 9.39. The van der Waals surface area contributed by atoms with Crippen molar-refractivity contribution in [3.05, 3.63) is 60.2 Å². The summed E-state index contributed by atoms with van der Waals surface area (Å²) < 4.78 is 5.70. The first-order chi connectivity index (χ1) is 15.8. The van der Waals surface area contributed by atoms with Crippen LogP contribution in [0.1, 0.15) is 34.6 Å². The zero-order valence-electron chi connectivity index (χ0n) is 19.5. The van der Waals surface area contributed by atoms with Crippen molar-refractivity contribution >= 4 is 22.6 Å². The van der Waals surface area contributed by atoms with E-state index >= 15 is 0 Å². The van der Waals surface area contributed by atoms with Crippen LogP contribution in [0.3, 0.4) is 0 Å². The van der Waals surface area contributed by atoms with Crippen molar-refractivity contribution in [2.24, 2.45) is 0 Å². The fraction of sp³-hybridized carbons (Fsp3) is 0.462. The molecule has 4 rings (SSSR count). The molecule has 1 saturated heterocycles. The number of amides is 2. The Morgan fingerprint density at radius 2 is 1.58 bits per heavy atom. The molecule has 0 aliphatic carbocycles. The number of benzene rings is 2. The Labute approximate surface area is 195 Å². The zero-order valence-corrected chi connectivity index (χ0v) is 19.5. The highest BCUT2D eigenvalue weighted by molar-refractivity contribution is 6.25. The number of ether oxygens (including phenoxy) is 1. The lowest BCUT2D eigenvalue weighted by atomic mass is 9.94. The van der Waals surface area contributed by atoms with E-state index in [9.17, 15) is 14.7 Å². The SMILES string of the molecule is C=CC(C)(C)OCC(O)CN1CCN(CCN2C(=O)c3cccc4cccc(c34)C2=O)CC1. The summed E-state index contributed by atoms with van der Waals surface area (Å²) in [5, 5.41) is 12.0. The summed E-state index contributed by atoms with van der Waals surface area (Å²) >= 11 is 0. The maximum atomic E-state index is 13.0. The smallest absolute Gasteiger partial charge is 0.261 e. The number of rotatable bonds is 9. The summed E-state index contributed by atoms with van der Waals surface area (Å²) in [5.74, 6) is -0.429. The Bertz CT molecular complexity index is 992. The predicted octanol–water partition coefficient (Wildman–Crippen LogP) is 2.40. The quantitative estimate of drug-likeness (QED) is 0.466. The van der Waals surface area contributed by atoms with E-state index in [1.54, 1.807) is 18.2 Å². The monoisotopic (exact) mass is 451 g/mol. The predicted molar refractivity (Wildman–Crippen MR) is 128 cm³/mol. The van der Waals surface area contributed by atoms with Crippen LogP contribution < -0.4 is 0 Å². The number of carbonyl (C=O) groups is 2. The Hall–Kier alpha value is -2.58. The maximum absolute atomic E-state index is 13.0. The zero-order chi connectivity index (χ0) is 23.6. The van der Waals surface area contributed by atoms with E-state index in [1.165, 1.54) is 4.90 Å². The number of piperazine rings is 1. The summed E-state index contributed by atoms with van der Waals surface area (Å²) in [4.78, 5) is 32.0. The van der Waals surface area contributed by atoms with E-state index in [4.69, 9.17) is 4.74 Å². The first kappa shape index (κ1) is 23.6. The van der Waals surface area contributed by atoms with Gasteiger partial charge in [-0.25, -0.2) is 0 Å². The molecule has 33 heavy (non-hydrogen) atoms. The van der Waals surface area contributed by atoms with E-state index < -0.39 is 11.7 Å². The minimum atomic E-state index is -0.554. The molecular weight excluding hydrogens is 418 g/mol. The van der Waals surface area contributed by atoms with Crippen LogP contribution in [0.5, 0.6) is 0 Å². The van der Waals surface area contributed by atoms with Crippen LogP contribution in [-0.4, -0.2) is 95.7 Å². The number of aliphatic hydroxyl groups excluding tert-OH is 1. The first-order valence-electron chi connectivity index (χ1n) is 11.6. The second-order valence-corrected chi connectivity index (χ2v) is 9.39. The number of hydrogen-bond donors (Lipinski definition) is 1. The molecule has 2 aliphatic heterocycles. The van der Waals surface area contributed by atoms with E-state index in [-0.39, 0.29) is 18.4 Å². The van der Waals surface area contributed by atoms with Crippen LogP contribution in [0.4, 0.5) is 0 Å². The largest absolute Gasteiger partial charge is 0.389 e. The Kier molecular flexibility index (Phi) is 6.95. The summed E-state index contributed by atoms with van der Waals surface area (Å²) in [6, 6.07) is 11.2. The molecule has 1 atom stereocenters. The molecule has 1 N–H and O–H groups in total. The Balaban J connectivity index is 1.28. The van der Waals surface area contributed by atoms with Crippen molar-refractivity contribution in [1.82, 2.24) is 14.7 Å². The average molecular weight is 452 g/mol. The van der Waals surface area contributed by atoms with Gasteiger partial charge in [-0.05, 0) is 31.4 Å². The molecule has 0 saturated carbocycles. The van der Waals surface area contributed by atoms with Gasteiger partial charge in [-0.15, -0.1) is 6.58 Å². The lowest BCUT2D eigenvalue weighted by Crippen LogP contribution is -2.51. The molecule has 2 heterocycles. The molecule has 2 amide bonds. The number of aliphatic hydroxyl groups is 1. The van der Waals surface area contributed by atoms with Crippen LogP contribution >= 0.6 is 0 Å². The van der Waals surface area contributed by atoms with Crippen LogP contribution in [0.25, 0.3) is 10.8 Å². The van der Waals surface area contributed by atoms with E-state index in [0.29, 0.717) is 30.8 Å². The van der Waals surface area contributed by atoms with E-state index in [0.717, 1.165) is 37.0 Å². The number of imide groups is 1. The number of hydrogen-bond acceptors (Lipinski definition) is 6. The molecule has 176 valence electrons. The van der Waals surface area contributed by atoms with Crippen LogP contribution in [0.2, 0.25) is 0 Å². The van der Waals surface area contributed by atoms with Crippen LogP contribution in [-0.2, 0) is 4.74 Å². The van der Waals surface area contributed by atoms with Gasteiger partial charge in [-0.3, -0.25) is 24.3 Å². The van der Waals surface area contributed by atoms with Gasteiger partial charge in [0, 0.05) is 62.3 Å². The maximum Gasteiger partial charge on any atom is 0.261 e. The summed E-state index contributed by atoms with van der Waals surface area (Å²) in [5.41, 5.74) is 0.751. The summed E-state index contributed by atoms with van der Waals surface area (Å²) in [7, 11) is 0. The third-order valence-corrected chi connectivity index (χ3v) is 6.57. The highest BCUT2D eigenvalue weighted by Crippen LogP contribution is 2.29. The van der Waals surface area contributed by atoms with E-state index in [2.05, 4.69) is 16.4 Å². The second kappa shape index (κ2) is 9.73. The molecule has 1 fully saturated rings. The molecule has 0 bridgehead atoms. The van der Waals surface area contributed by atoms with Gasteiger partial charge in [-0.1, -0.05) is 30.3 Å². The van der Waals surface area contributed by atoms with Gasteiger partial charge < -0.3 is 9.84 Å². The van der Waals surface area contributed by atoms with Gasteiger partial charge in [0.05, 0.1) is 18.3 Å². The summed E-state index contributed by atoms with van der Waals surface area (Å²) in [6.45, 7) is 12.7. The molecule has 2 aromatic rings. The van der Waals surface area contributed by atoms with Gasteiger partial charge in [-0.2, -0.15) is 0 Å². The molecule has 0 radical (unpaired) electrons. The van der Waals surface area contributed by atoms with Gasteiger partial charge in [0.1, 0.15) is 0 Å². The van der Waals surface area contributed by atoms with E-state index in [1.807, 2.05) is 38.1 Å². The average Bonchev–Trinajstić information content (AvgIpc) is 2.82. The highest BCUT2D eigenvalue weighted by atomic mass is 16.5. The Morgan fingerprint density at radius 3 is 2.15 bits per heavy atom. The van der Waals surface area contributed by atoms with Gasteiger partial charge in [0.25, 0.3) is 11.8 Å². The normalized spacial score (nSPS) is 18.7. The molecule has 7 nitrogen and oxygen atoms in total. The van der Waals surface area contributed by atoms with Gasteiger partial charge in [0.15, 0.2) is 0 Å². The standard InChI is InChI=1S/C26H33N3O4/c1-4-26(2,3)33-18-20(30)17-28-13-11-27(12-14-28)15-16-29-24(31)21-9-5-7-19-8-6-10-22(23(19)21)25(29)32/h4-10,20,30H,1,11-18H2,2-3H3. The number of carbonyl (C=O) groups excluding carboxylic acids is 2. The molecule has 2 aromatic carbocycles. The molecular formula is C26H33N3O4. The lowest BCUT2D eigenvalue weighted by molar-refractivity contribution is -0.0449. The van der Waals surface area contributed by atoms with Crippen molar-refractivity contribution in [3.8, 4) is 0 Å². The molecule has 1 unspecified atom stereocenters. The highest BCUT2D eigenvalue weighted by Gasteiger charge is 2.33. The van der Waals surface area contributed by atoms with Crippen molar-refractivity contribution in [2.75, 3.05) is 52.4 Å². The third-order valence-electron chi connectivity index (χ3n) is 6.57. The fourth-order valence-electron chi connectivity index (χ4n) is 4.44. The van der Waals surface area contributed by atoms with Gasteiger partial charge in [0.2, 0.25) is 0 Å². The third kappa shape index (κ3) is 5.17. The number of nitrogens with zero attached hydrogens (tertiary/aromatic N) is 3. The number of β-amino-alcohol motifs (C(OH)–C–C–N with tert-alkyl or cyclic N) is 1. The Morgan fingerprint density at radius 1 is 1.00 bits per heavy atom. The summed E-state index contributed by atoms with van der Waals surface area (Å²) in [6.07, 6.45) is 1.18. The molecule has 0 spiro atoms. The van der Waals surface area contributed by atoms with Crippen LogP contribution in [0.15, 0.2) is 49.1 Å². The van der Waals surface area contributed by atoms with Crippen molar-refractivity contribution < 1.29 is 19.4 Å². The van der Waals surface area contributed by atoms with Gasteiger partial charge >= 0.3 is 0 Å². The minimum Gasteiger partial charge on any atom is -0.389 e. The van der Waals surface area contributed by atoms with Crippen LogP contribution in [0, 0.1) is 0 Å². The van der Waals surface area contributed by atoms with Crippen molar-refractivity contribution in [1.29, 1.82) is 0 Å². The molecule has 0 aromatic heterocycles. The van der Waals surface area contributed by atoms with Crippen molar-refractivity contribution in [3.63, 3.8) is 0 Å². The molecule has 2 aliphatic rings. The topological polar surface area (TPSA) is 73.3 Å². The lowest BCUT2D eigenvalue weighted by Gasteiger charge is -2.37. The fourth-order valence-corrected chi connectivity index (χ4v) is 4.44. The minimum absolute atomic E-state index is 0.214. The molecule has 7 heteroatoms. The first-order valence-corrected chi connectivity index (χ1v) is 11.6. The van der Waals surface area contributed by atoms with Crippen molar-refractivity contribution in [2.45, 2.75) is 25.6 Å².